The van der Waals surface area contributed by atoms with E-state index >= 15 is 0 Å². The Bertz CT molecular complexity index is 492. The van der Waals surface area contributed by atoms with E-state index in [1.165, 1.54) is 7.11 Å². The second kappa shape index (κ2) is 6.24. The van der Waals surface area contributed by atoms with E-state index in [4.69, 9.17) is 4.74 Å². The molecule has 0 spiro atoms. The summed E-state index contributed by atoms with van der Waals surface area (Å²) in [6.07, 6.45) is 1.59. The highest BCUT2D eigenvalue weighted by atomic mass is 79.9. The van der Waals surface area contributed by atoms with Crippen LogP contribution in [0.3, 0.4) is 0 Å². The molecule has 0 unspecified atom stereocenters. The number of likely N-dealkylation sites (tertiary alicyclic amines) is 1. The highest BCUT2D eigenvalue weighted by Gasteiger charge is 2.27. The van der Waals surface area contributed by atoms with E-state index < -0.39 is 5.60 Å². The molecule has 2 rings (SSSR count). The number of hydrogen-bond acceptors (Lipinski definition) is 4. The Kier molecular flexibility index (Phi) is 4.83. The molecule has 5 heteroatoms. The van der Waals surface area contributed by atoms with Gasteiger partial charge in [-0.2, -0.15) is 0 Å². The average Bonchev–Trinajstić information content (AvgIpc) is 2.42. The number of methoxy groups -OCH3 is 1. The van der Waals surface area contributed by atoms with Gasteiger partial charge in [-0.05, 0) is 37.5 Å². The van der Waals surface area contributed by atoms with Gasteiger partial charge in [-0.25, -0.2) is 4.79 Å². The zero-order chi connectivity index (χ0) is 14.8. The molecular weight excluding hydrogens is 322 g/mol. The Morgan fingerprint density at radius 3 is 2.65 bits per heavy atom. The zero-order valence-corrected chi connectivity index (χ0v) is 13.4. The van der Waals surface area contributed by atoms with Crippen molar-refractivity contribution in [2.45, 2.75) is 31.9 Å². The van der Waals surface area contributed by atoms with Crippen molar-refractivity contribution in [3.8, 4) is 0 Å². The summed E-state index contributed by atoms with van der Waals surface area (Å²) in [6, 6.07) is 5.52. The first-order valence-electron chi connectivity index (χ1n) is 6.73. The van der Waals surface area contributed by atoms with E-state index in [0.717, 1.165) is 42.5 Å². The van der Waals surface area contributed by atoms with Crippen molar-refractivity contribution in [1.82, 2.24) is 4.90 Å². The molecule has 0 aromatic heterocycles. The monoisotopic (exact) mass is 341 g/mol. The molecule has 1 aromatic rings. The summed E-state index contributed by atoms with van der Waals surface area (Å²) in [5.74, 6) is -0.328. The topological polar surface area (TPSA) is 49.8 Å². The van der Waals surface area contributed by atoms with E-state index in [-0.39, 0.29) is 5.97 Å². The molecule has 1 saturated heterocycles. The molecule has 1 aromatic carbocycles. The summed E-state index contributed by atoms with van der Waals surface area (Å²) in [5, 5.41) is 9.95. The van der Waals surface area contributed by atoms with Crippen LogP contribution in [-0.2, 0) is 11.3 Å². The number of carbonyl (C=O) groups is 1. The first-order chi connectivity index (χ1) is 9.41. The number of esters is 1. The number of ether oxygens (including phenoxy) is 1. The lowest BCUT2D eigenvalue weighted by atomic mass is 9.93. The van der Waals surface area contributed by atoms with Crippen LogP contribution >= 0.6 is 15.9 Å². The minimum atomic E-state index is -0.525. The van der Waals surface area contributed by atoms with Gasteiger partial charge >= 0.3 is 5.97 Å². The first kappa shape index (κ1) is 15.5. The Balaban J connectivity index is 2.02. The molecule has 1 aliphatic heterocycles. The minimum absolute atomic E-state index is 0.328. The van der Waals surface area contributed by atoms with Gasteiger partial charge in [0.15, 0.2) is 0 Å². The summed E-state index contributed by atoms with van der Waals surface area (Å²) in [7, 11) is 1.38. The van der Waals surface area contributed by atoms with Crippen LogP contribution in [0, 0.1) is 0 Å². The van der Waals surface area contributed by atoms with Crippen LogP contribution in [0.25, 0.3) is 0 Å². The van der Waals surface area contributed by atoms with Crippen molar-refractivity contribution in [2.75, 3.05) is 20.2 Å². The predicted molar refractivity (Wildman–Crippen MR) is 80.6 cm³/mol. The fourth-order valence-corrected chi connectivity index (χ4v) is 2.86. The quantitative estimate of drug-likeness (QED) is 0.858. The van der Waals surface area contributed by atoms with Crippen molar-refractivity contribution in [1.29, 1.82) is 0 Å². The van der Waals surface area contributed by atoms with E-state index in [0.29, 0.717) is 5.56 Å². The zero-order valence-electron chi connectivity index (χ0n) is 11.9. The van der Waals surface area contributed by atoms with Crippen molar-refractivity contribution in [2.24, 2.45) is 0 Å². The van der Waals surface area contributed by atoms with Crippen molar-refractivity contribution in [3.63, 3.8) is 0 Å². The number of rotatable bonds is 3. The number of nitrogens with zero attached hydrogens (tertiary/aromatic N) is 1. The SMILES string of the molecule is COC(=O)c1ccc(CN2CCC(C)(O)CC2)c(Br)c1. The largest absolute Gasteiger partial charge is 0.465 e. The molecule has 0 amide bonds. The van der Waals surface area contributed by atoms with Crippen molar-refractivity contribution in [3.05, 3.63) is 33.8 Å². The normalized spacial score (nSPS) is 18.8. The van der Waals surface area contributed by atoms with Gasteiger partial charge in [0, 0.05) is 24.1 Å². The van der Waals surface area contributed by atoms with E-state index in [1.807, 2.05) is 13.0 Å². The maximum absolute atomic E-state index is 11.5. The molecule has 0 atom stereocenters. The lowest BCUT2D eigenvalue weighted by Crippen LogP contribution is -2.42. The molecular formula is C15H20BrNO3. The molecule has 0 saturated carbocycles. The third-order valence-corrected chi connectivity index (χ3v) is 4.54. The van der Waals surface area contributed by atoms with Crippen LogP contribution in [0.5, 0.6) is 0 Å². The average molecular weight is 342 g/mol. The molecule has 20 heavy (non-hydrogen) atoms. The van der Waals surface area contributed by atoms with Crippen LogP contribution in [0.1, 0.15) is 35.7 Å². The van der Waals surface area contributed by atoms with Gasteiger partial charge in [0.1, 0.15) is 0 Å². The van der Waals surface area contributed by atoms with Gasteiger partial charge in [0.2, 0.25) is 0 Å². The highest BCUT2D eigenvalue weighted by molar-refractivity contribution is 9.10. The summed E-state index contributed by atoms with van der Waals surface area (Å²) >= 11 is 3.51. The fraction of sp³-hybridized carbons (Fsp3) is 0.533. The molecule has 1 N–H and O–H groups in total. The fourth-order valence-electron chi connectivity index (χ4n) is 2.35. The Hall–Kier alpha value is -0.910. The number of benzene rings is 1. The second-order valence-corrected chi connectivity index (χ2v) is 6.43. The van der Waals surface area contributed by atoms with E-state index in [2.05, 4.69) is 20.8 Å². The summed E-state index contributed by atoms with van der Waals surface area (Å²) in [4.78, 5) is 13.8. The maximum atomic E-state index is 11.5. The van der Waals surface area contributed by atoms with E-state index in [9.17, 15) is 9.90 Å². The van der Waals surface area contributed by atoms with Gasteiger partial charge in [-0.15, -0.1) is 0 Å². The Labute approximate surface area is 127 Å². The Morgan fingerprint density at radius 2 is 2.10 bits per heavy atom. The minimum Gasteiger partial charge on any atom is -0.465 e. The standard InChI is InChI=1S/C15H20BrNO3/c1-15(19)5-7-17(8-6-15)10-12-4-3-11(9-13(12)16)14(18)20-2/h3-4,9,19H,5-8,10H2,1-2H3. The van der Waals surface area contributed by atoms with Crippen molar-refractivity contribution < 1.29 is 14.6 Å². The van der Waals surface area contributed by atoms with Crippen LogP contribution in [-0.4, -0.2) is 41.8 Å². The van der Waals surface area contributed by atoms with Crippen molar-refractivity contribution >= 4 is 21.9 Å². The van der Waals surface area contributed by atoms with Gasteiger partial charge in [0.05, 0.1) is 18.3 Å². The van der Waals surface area contributed by atoms with Crippen LogP contribution < -0.4 is 0 Å². The molecule has 0 bridgehead atoms. The van der Waals surface area contributed by atoms with Gasteiger partial charge < -0.3 is 9.84 Å². The van der Waals surface area contributed by atoms with Gasteiger partial charge in [-0.3, -0.25) is 4.90 Å². The van der Waals surface area contributed by atoms with E-state index in [1.54, 1.807) is 12.1 Å². The highest BCUT2D eigenvalue weighted by Crippen LogP contribution is 2.25. The number of carbonyl (C=O) groups excluding carboxylic acids is 1. The summed E-state index contributed by atoms with van der Waals surface area (Å²) in [6.45, 7) is 4.49. The molecule has 1 heterocycles. The number of aliphatic hydroxyl groups is 1. The molecule has 1 aliphatic rings. The lowest BCUT2D eigenvalue weighted by Gasteiger charge is -2.35. The third-order valence-electron chi connectivity index (χ3n) is 3.80. The van der Waals surface area contributed by atoms with Crippen LogP contribution in [0.2, 0.25) is 0 Å². The molecule has 4 nitrogen and oxygen atoms in total. The molecule has 1 fully saturated rings. The lowest BCUT2D eigenvalue weighted by molar-refractivity contribution is -0.00735. The van der Waals surface area contributed by atoms with Gasteiger partial charge in [-0.1, -0.05) is 22.0 Å². The maximum Gasteiger partial charge on any atom is 0.337 e. The smallest absolute Gasteiger partial charge is 0.337 e. The number of piperidine rings is 1. The van der Waals surface area contributed by atoms with Crippen LogP contribution in [0.4, 0.5) is 0 Å². The summed E-state index contributed by atoms with van der Waals surface area (Å²) in [5.41, 5.74) is 1.16. The molecule has 0 radical (unpaired) electrons. The molecule has 0 aliphatic carbocycles. The summed E-state index contributed by atoms with van der Waals surface area (Å²) < 4.78 is 5.62. The first-order valence-corrected chi connectivity index (χ1v) is 7.52. The number of hydrogen-bond donors (Lipinski definition) is 1. The van der Waals surface area contributed by atoms with Crippen LogP contribution in [0.15, 0.2) is 22.7 Å². The second-order valence-electron chi connectivity index (χ2n) is 5.57. The predicted octanol–water partition coefficient (Wildman–Crippen LogP) is 2.58. The Morgan fingerprint density at radius 1 is 1.45 bits per heavy atom. The molecule has 110 valence electrons. The third kappa shape index (κ3) is 3.81. The van der Waals surface area contributed by atoms with Gasteiger partial charge in [0.25, 0.3) is 0 Å². The number of halogens is 1.